The Balaban J connectivity index is 2.16. The van der Waals surface area contributed by atoms with Gasteiger partial charge in [-0.1, -0.05) is 12.1 Å². The molecular formula is C14H17N3O. The molecule has 0 amide bonds. The molecule has 0 atom stereocenters. The fraction of sp³-hybridized carbons (Fsp3) is 0.286. The van der Waals surface area contributed by atoms with E-state index in [0.29, 0.717) is 6.61 Å². The zero-order valence-electron chi connectivity index (χ0n) is 10.7. The number of benzene rings is 1. The van der Waals surface area contributed by atoms with Crippen molar-refractivity contribution < 1.29 is 4.74 Å². The van der Waals surface area contributed by atoms with E-state index in [4.69, 9.17) is 4.74 Å². The molecule has 2 rings (SSSR count). The Morgan fingerprint density at radius 1 is 1.17 bits per heavy atom. The number of nitrogens with zero attached hydrogens (tertiary/aromatic N) is 3. The van der Waals surface area contributed by atoms with Gasteiger partial charge in [0.25, 0.3) is 0 Å². The molecule has 0 bridgehead atoms. The first-order valence-electron chi connectivity index (χ1n) is 5.98. The van der Waals surface area contributed by atoms with Crippen LogP contribution in [0.5, 0.6) is 5.75 Å². The van der Waals surface area contributed by atoms with E-state index in [2.05, 4.69) is 20.9 Å². The molecule has 0 radical (unpaired) electrons. The largest absolute Gasteiger partial charge is 0.492 e. The van der Waals surface area contributed by atoms with Crippen molar-refractivity contribution in [2.24, 2.45) is 0 Å². The molecule has 0 N–H and O–H groups in total. The molecule has 0 aliphatic carbocycles. The Morgan fingerprint density at radius 3 is 2.61 bits per heavy atom. The van der Waals surface area contributed by atoms with Gasteiger partial charge in [0.2, 0.25) is 0 Å². The standard InChI is InChI=1S/C14H17N3O/c1-3-18-14-7-5-4-6-13(14)17(2)10-12-8-15-11-16-9-12/h4-9,11H,3,10H2,1-2H3. The van der Waals surface area contributed by atoms with E-state index in [9.17, 15) is 0 Å². The van der Waals surface area contributed by atoms with Crippen LogP contribution in [0.2, 0.25) is 0 Å². The molecular weight excluding hydrogens is 226 g/mol. The van der Waals surface area contributed by atoms with E-state index in [1.807, 2.05) is 44.6 Å². The summed E-state index contributed by atoms with van der Waals surface area (Å²) in [5.74, 6) is 0.902. The number of rotatable bonds is 5. The topological polar surface area (TPSA) is 38.2 Å². The molecule has 4 nitrogen and oxygen atoms in total. The minimum Gasteiger partial charge on any atom is -0.492 e. The zero-order valence-corrected chi connectivity index (χ0v) is 10.7. The van der Waals surface area contributed by atoms with Crippen LogP contribution in [-0.4, -0.2) is 23.6 Å². The zero-order chi connectivity index (χ0) is 12.8. The first kappa shape index (κ1) is 12.4. The molecule has 4 heteroatoms. The van der Waals surface area contributed by atoms with Gasteiger partial charge in [-0.2, -0.15) is 0 Å². The summed E-state index contributed by atoms with van der Waals surface area (Å²) in [7, 11) is 2.03. The van der Waals surface area contributed by atoms with E-state index >= 15 is 0 Å². The van der Waals surface area contributed by atoms with Gasteiger partial charge in [0.15, 0.2) is 0 Å². The Morgan fingerprint density at radius 2 is 1.89 bits per heavy atom. The Labute approximate surface area is 107 Å². The molecule has 1 aromatic carbocycles. The predicted molar refractivity (Wildman–Crippen MR) is 71.8 cm³/mol. The normalized spacial score (nSPS) is 10.1. The Bertz CT molecular complexity index is 487. The summed E-state index contributed by atoms with van der Waals surface area (Å²) in [5.41, 5.74) is 2.15. The Kier molecular flexibility index (Phi) is 4.12. The molecule has 18 heavy (non-hydrogen) atoms. The maximum atomic E-state index is 5.62. The van der Waals surface area contributed by atoms with Crippen molar-refractivity contribution in [1.29, 1.82) is 0 Å². The van der Waals surface area contributed by atoms with Gasteiger partial charge in [-0.25, -0.2) is 9.97 Å². The van der Waals surface area contributed by atoms with Gasteiger partial charge in [-0.15, -0.1) is 0 Å². The molecule has 0 spiro atoms. The third-order valence-corrected chi connectivity index (χ3v) is 2.61. The first-order chi connectivity index (χ1) is 8.81. The second kappa shape index (κ2) is 6.00. The molecule has 94 valence electrons. The lowest BCUT2D eigenvalue weighted by Crippen LogP contribution is -2.17. The van der Waals surface area contributed by atoms with Crippen LogP contribution in [0.3, 0.4) is 0 Å². The number of hydrogen-bond acceptors (Lipinski definition) is 4. The monoisotopic (exact) mass is 243 g/mol. The van der Waals surface area contributed by atoms with Crippen LogP contribution in [0.4, 0.5) is 5.69 Å². The number of ether oxygens (including phenoxy) is 1. The maximum absolute atomic E-state index is 5.62. The summed E-state index contributed by atoms with van der Waals surface area (Å²) in [6.45, 7) is 3.41. The fourth-order valence-corrected chi connectivity index (χ4v) is 1.82. The van der Waals surface area contributed by atoms with Crippen LogP contribution in [0.15, 0.2) is 43.0 Å². The third kappa shape index (κ3) is 2.97. The summed E-state index contributed by atoms with van der Waals surface area (Å²) >= 11 is 0. The molecule has 0 fully saturated rings. The van der Waals surface area contributed by atoms with Crippen molar-refractivity contribution in [3.63, 3.8) is 0 Å². The van der Waals surface area contributed by atoms with E-state index in [-0.39, 0.29) is 0 Å². The summed E-state index contributed by atoms with van der Waals surface area (Å²) in [6.07, 6.45) is 5.19. The summed E-state index contributed by atoms with van der Waals surface area (Å²) in [4.78, 5) is 10.2. The highest BCUT2D eigenvalue weighted by Crippen LogP contribution is 2.27. The third-order valence-electron chi connectivity index (χ3n) is 2.61. The van der Waals surface area contributed by atoms with Gasteiger partial charge in [0, 0.05) is 31.5 Å². The minimum absolute atomic E-state index is 0.666. The lowest BCUT2D eigenvalue weighted by molar-refractivity contribution is 0.340. The van der Waals surface area contributed by atoms with Crippen molar-refractivity contribution in [2.45, 2.75) is 13.5 Å². The summed E-state index contributed by atoms with van der Waals surface area (Å²) < 4.78 is 5.62. The van der Waals surface area contributed by atoms with Gasteiger partial charge < -0.3 is 9.64 Å². The molecule has 1 heterocycles. The minimum atomic E-state index is 0.666. The van der Waals surface area contributed by atoms with Gasteiger partial charge in [-0.05, 0) is 19.1 Å². The number of aromatic nitrogens is 2. The highest BCUT2D eigenvalue weighted by Gasteiger charge is 2.08. The maximum Gasteiger partial charge on any atom is 0.142 e. The van der Waals surface area contributed by atoms with Crippen LogP contribution in [0.25, 0.3) is 0 Å². The molecule has 0 saturated carbocycles. The van der Waals surface area contributed by atoms with Crippen LogP contribution >= 0.6 is 0 Å². The lowest BCUT2D eigenvalue weighted by Gasteiger charge is -2.21. The average molecular weight is 243 g/mol. The molecule has 0 saturated heterocycles. The van der Waals surface area contributed by atoms with Crippen LogP contribution in [0, 0.1) is 0 Å². The lowest BCUT2D eigenvalue weighted by atomic mass is 10.2. The van der Waals surface area contributed by atoms with Crippen molar-refractivity contribution in [2.75, 3.05) is 18.6 Å². The van der Waals surface area contributed by atoms with E-state index in [1.165, 1.54) is 6.33 Å². The summed E-state index contributed by atoms with van der Waals surface area (Å²) in [5, 5.41) is 0. The number of anilines is 1. The van der Waals surface area contributed by atoms with E-state index in [0.717, 1.165) is 23.5 Å². The van der Waals surface area contributed by atoms with Crippen LogP contribution in [0.1, 0.15) is 12.5 Å². The summed E-state index contributed by atoms with van der Waals surface area (Å²) in [6, 6.07) is 8.02. The number of hydrogen-bond donors (Lipinski definition) is 0. The molecule has 1 aromatic heterocycles. The van der Waals surface area contributed by atoms with E-state index in [1.54, 1.807) is 0 Å². The fourth-order valence-electron chi connectivity index (χ4n) is 1.82. The Hall–Kier alpha value is -2.10. The first-order valence-corrected chi connectivity index (χ1v) is 5.98. The van der Waals surface area contributed by atoms with Gasteiger partial charge in [0.1, 0.15) is 12.1 Å². The van der Waals surface area contributed by atoms with Gasteiger partial charge >= 0.3 is 0 Å². The smallest absolute Gasteiger partial charge is 0.142 e. The quantitative estimate of drug-likeness (QED) is 0.808. The second-order valence-electron chi connectivity index (χ2n) is 4.00. The SMILES string of the molecule is CCOc1ccccc1N(C)Cc1cncnc1. The molecule has 0 unspecified atom stereocenters. The van der Waals surface area contributed by atoms with Crippen molar-refractivity contribution in [1.82, 2.24) is 9.97 Å². The van der Waals surface area contributed by atoms with Crippen molar-refractivity contribution in [3.05, 3.63) is 48.5 Å². The van der Waals surface area contributed by atoms with E-state index < -0.39 is 0 Å². The predicted octanol–water partition coefficient (Wildman–Crippen LogP) is 2.51. The van der Waals surface area contributed by atoms with Crippen molar-refractivity contribution >= 4 is 5.69 Å². The van der Waals surface area contributed by atoms with Crippen LogP contribution in [-0.2, 0) is 6.54 Å². The second-order valence-corrected chi connectivity index (χ2v) is 4.00. The number of para-hydroxylation sites is 2. The highest BCUT2D eigenvalue weighted by atomic mass is 16.5. The highest BCUT2D eigenvalue weighted by molar-refractivity contribution is 5.58. The van der Waals surface area contributed by atoms with Gasteiger partial charge in [0.05, 0.1) is 12.3 Å². The van der Waals surface area contributed by atoms with Crippen LogP contribution < -0.4 is 9.64 Å². The average Bonchev–Trinajstić information content (AvgIpc) is 2.41. The molecule has 2 aromatic rings. The van der Waals surface area contributed by atoms with Crippen molar-refractivity contribution in [3.8, 4) is 5.75 Å². The molecule has 0 aliphatic rings. The molecule has 0 aliphatic heterocycles. The van der Waals surface area contributed by atoms with Gasteiger partial charge in [-0.3, -0.25) is 0 Å².